The average Bonchev–Trinajstić information content (AvgIpc) is 2.67. The minimum atomic E-state index is 0.163. The van der Waals surface area contributed by atoms with E-state index >= 15 is 0 Å². The van der Waals surface area contributed by atoms with Crippen molar-refractivity contribution in [1.82, 2.24) is 14.3 Å². The van der Waals surface area contributed by atoms with Crippen LogP contribution in [0.25, 0.3) is 0 Å². The summed E-state index contributed by atoms with van der Waals surface area (Å²) in [6, 6.07) is 2.31. The van der Waals surface area contributed by atoms with Crippen molar-refractivity contribution in [1.29, 1.82) is 0 Å². The Bertz CT molecular complexity index is 537. The maximum Gasteiger partial charge on any atom is 0.176 e. The molecule has 1 atom stereocenters. The highest BCUT2D eigenvalue weighted by Crippen LogP contribution is 2.29. The van der Waals surface area contributed by atoms with E-state index in [0.29, 0.717) is 0 Å². The molecule has 0 radical (unpaired) electrons. The largest absolute Gasteiger partial charge is 0.328 e. The van der Waals surface area contributed by atoms with Crippen LogP contribution < -0.4 is 5.73 Å². The van der Waals surface area contributed by atoms with Gasteiger partial charge in [-0.15, -0.1) is 0 Å². The highest BCUT2D eigenvalue weighted by Gasteiger charge is 2.08. The molecule has 0 fully saturated rings. The van der Waals surface area contributed by atoms with Gasteiger partial charge in [0.15, 0.2) is 4.34 Å². The number of hydrogen-bond donors (Lipinski definition) is 1. The summed E-state index contributed by atoms with van der Waals surface area (Å²) in [6.07, 6.45) is 2.75. The Kier molecular flexibility index (Phi) is 4.31. The van der Waals surface area contributed by atoms with Gasteiger partial charge in [-0.2, -0.15) is 4.37 Å². The van der Waals surface area contributed by atoms with Gasteiger partial charge in [0.25, 0.3) is 0 Å². The first-order valence-corrected chi connectivity index (χ1v) is 7.33. The minimum absolute atomic E-state index is 0.163. The zero-order valence-corrected chi connectivity index (χ0v) is 12.3. The first-order chi connectivity index (χ1) is 8.54. The molecule has 1 unspecified atom stereocenters. The quantitative estimate of drug-likeness (QED) is 0.932. The molecular weight excluding hydrogens is 264 g/mol. The molecule has 2 heterocycles. The average molecular weight is 280 g/mol. The van der Waals surface area contributed by atoms with Crippen LogP contribution in [0, 0.1) is 13.8 Å². The molecule has 0 aromatic carbocycles. The van der Waals surface area contributed by atoms with Crippen LogP contribution in [-0.2, 0) is 6.42 Å². The molecule has 0 aliphatic carbocycles. The summed E-state index contributed by atoms with van der Waals surface area (Å²) >= 11 is 2.97. The fourth-order valence-corrected chi connectivity index (χ4v) is 3.20. The van der Waals surface area contributed by atoms with Gasteiger partial charge in [-0.25, -0.2) is 9.97 Å². The smallest absolute Gasteiger partial charge is 0.176 e. The van der Waals surface area contributed by atoms with Gasteiger partial charge in [0.2, 0.25) is 0 Å². The Morgan fingerprint density at radius 3 is 2.78 bits per heavy atom. The molecule has 2 aromatic heterocycles. The molecule has 0 aliphatic heterocycles. The van der Waals surface area contributed by atoms with E-state index in [2.05, 4.69) is 27.3 Å². The normalized spacial score (nSPS) is 12.7. The van der Waals surface area contributed by atoms with Gasteiger partial charge >= 0.3 is 0 Å². The molecule has 0 bridgehead atoms. The molecule has 6 heteroatoms. The van der Waals surface area contributed by atoms with E-state index in [1.54, 1.807) is 11.8 Å². The van der Waals surface area contributed by atoms with E-state index in [4.69, 9.17) is 5.73 Å². The van der Waals surface area contributed by atoms with E-state index in [1.807, 2.05) is 20.0 Å². The van der Waals surface area contributed by atoms with Gasteiger partial charge in [-0.05, 0) is 61.6 Å². The third-order valence-corrected chi connectivity index (χ3v) is 4.30. The molecular formula is C12H16N4S2. The van der Waals surface area contributed by atoms with E-state index in [1.165, 1.54) is 17.1 Å². The Balaban J connectivity index is 2.14. The predicted molar refractivity (Wildman–Crippen MR) is 75.1 cm³/mol. The fraction of sp³-hybridized carbons (Fsp3) is 0.417. The lowest BCUT2D eigenvalue weighted by Crippen LogP contribution is -2.17. The summed E-state index contributed by atoms with van der Waals surface area (Å²) in [5, 5.41) is 0.986. The van der Waals surface area contributed by atoms with Crippen molar-refractivity contribution >= 4 is 23.3 Å². The first kappa shape index (κ1) is 13.5. The molecule has 4 nitrogen and oxygen atoms in total. The zero-order chi connectivity index (χ0) is 13.1. The van der Waals surface area contributed by atoms with E-state index < -0.39 is 0 Å². The van der Waals surface area contributed by atoms with E-state index in [0.717, 1.165) is 27.2 Å². The molecule has 2 rings (SSSR count). The number of nitrogens with two attached hydrogens (primary N) is 1. The van der Waals surface area contributed by atoms with E-state index in [9.17, 15) is 0 Å². The number of rotatable bonds is 4. The molecule has 0 saturated heterocycles. The zero-order valence-electron chi connectivity index (χ0n) is 10.7. The van der Waals surface area contributed by atoms with Crippen LogP contribution >= 0.6 is 23.3 Å². The number of hydrogen-bond acceptors (Lipinski definition) is 6. The van der Waals surface area contributed by atoms with Gasteiger partial charge in [0, 0.05) is 12.2 Å². The van der Waals surface area contributed by atoms with Gasteiger partial charge in [-0.1, -0.05) is 6.07 Å². The summed E-state index contributed by atoms with van der Waals surface area (Å²) in [7, 11) is 0. The SMILES string of the molecule is Cc1nsc(Sc2ncc(CC(C)N)cc2C)n1. The molecule has 0 aliphatic rings. The minimum Gasteiger partial charge on any atom is -0.328 e. The van der Waals surface area contributed by atoms with Crippen LogP contribution in [-0.4, -0.2) is 20.4 Å². The van der Waals surface area contributed by atoms with Crippen LogP contribution in [0.15, 0.2) is 21.6 Å². The molecule has 2 aromatic rings. The standard InChI is InChI=1S/C12H16N4S2/c1-7-4-10(5-8(2)13)6-14-11(7)17-12-15-9(3)16-18-12/h4,6,8H,5,13H2,1-3H3. The summed E-state index contributed by atoms with van der Waals surface area (Å²) < 4.78 is 5.10. The van der Waals surface area contributed by atoms with Crippen molar-refractivity contribution in [2.24, 2.45) is 5.73 Å². The van der Waals surface area contributed by atoms with Crippen molar-refractivity contribution in [2.75, 3.05) is 0 Å². The third-order valence-electron chi connectivity index (χ3n) is 2.34. The molecule has 18 heavy (non-hydrogen) atoms. The number of aromatic nitrogens is 3. The second-order valence-corrected chi connectivity index (χ2v) is 6.34. The van der Waals surface area contributed by atoms with Crippen molar-refractivity contribution in [3.05, 3.63) is 29.2 Å². The van der Waals surface area contributed by atoms with Crippen LogP contribution in [0.3, 0.4) is 0 Å². The van der Waals surface area contributed by atoms with Crippen molar-refractivity contribution in [2.45, 2.75) is 42.6 Å². The van der Waals surface area contributed by atoms with Gasteiger partial charge in [0.05, 0.1) is 0 Å². The van der Waals surface area contributed by atoms with Crippen molar-refractivity contribution in [3.8, 4) is 0 Å². The topological polar surface area (TPSA) is 64.7 Å². The molecule has 0 spiro atoms. The second-order valence-electron chi connectivity index (χ2n) is 4.36. The lowest BCUT2D eigenvalue weighted by atomic mass is 10.1. The summed E-state index contributed by atoms with van der Waals surface area (Å²) in [6.45, 7) is 5.96. The van der Waals surface area contributed by atoms with Gasteiger partial charge in [0.1, 0.15) is 10.9 Å². The Morgan fingerprint density at radius 1 is 1.44 bits per heavy atom. The molecule has 2 N–H and O–H groups in total. The second kappa shape index (κ2) is 5.77. The number of pyridine rings is 1. The Morgan fingerprint density at radius 2 is 2.22 bits per heavy atom. The van der Waals surface area contributed by atoms with Crippen molar-refractivity contribution < 1.29 is 0 Å². The van der Waals surface area contributed by atoms with Gasteiger partial charge < -0.3 is 5.73 Å². The number of nitrogens with zero attached hydrogens (tertiary/aromatic N) is 3. The maximum atomic E-state index is 5.79. The summed E-state index contributed by atoms with van der Waals surface area (Å²) in [4.78, 5) is 8.81. The highest BCUT2D eigenvalue weighted by atomic mass is 32.2. The van der Waals surface area contributed by atoms with Crippen LogP contribution in [0.5, 0.6) is 0 Å². The summed E-state index contributed by atoms with van der Waals surface area (Å²) in [5.74, 6) is 0.814. The fourth-order valence-electron chi connectivity index (χ4n) is 1.61. The van der Waals surface area contributed by atoms with Crippen LogP contribution in [0.1, 0.15) is 23.9 Å². The molecule has 96 valence electrons. The maximum absolute atomic E-state index is 5.79. The predicted octanol–water partition coefficient (Wildman–Crippen LogP) is 2.59. The Labute approximate surface area is 115 Å². The van der Waals surface area contributed by atoms with Crippen LogP contribution in [0.4, 0.5) is 0 Å². The summed E-state index contributed by atoms with van der Waals surface area (Å²) in [5.41, 5.74) is 8.13. The lowest BCUT2D eigenvalue weighted by Gasteiger charge is -2.07. The Hall–Kier alpha value is -0.980. The first-order valence-electron chi connectivity index (χ1n) is 5.74. The lowest BCUT2D eigenvalue weighted by molar-refractivity contribution is 0.733. The highest BCUT2D eigenvalue weighted by molar-refractivity contribution is 8.00. The van der Waals surface area contributed by atoms with Crippen molar-refractivity contribution in [3.63, 3.8) is 0 Å². The van der Waals surface area contributed by atoms with Crippen LogP contribution in [0.2, 0.25) is 0 Å². The molecule has 0 saturated carbocycles. The molecule has 0 amide bonds. The van der Waals surface area contributed by atoms with Gasteiger partial charge in [-0.3, -0.25) is 0 Å². The van der Waals surface area contributed by atoms with E-state index in [-0.39, 0.29) is 6.04 Å². The third kappa shape index (κ3) is 3.51. The number of aryl methyl sites for hydroxylation is 2. The monoisotopic (exact) mass is 280 g/mol.